The SMILES string of the molecule is CCC1CCC(C(=O)N2CC(C(=O)O)c3ccccc32)CC1. The molecule has 0 bridgehead atoms. The van der Waals surface area contributed by atoms with Crippen molar-refractivity contribution in [3.63, 3.8) is 0 Å². The molecule has 1 aliphatic heterocycles. The van der Waals surface area contributed by atoms with Gasteiger partial charge in [0.25, 0.3) is 0 Å². The molecule has 1 aromatic carbocycles. The van der Waals surface area contributed by atoms with Gasteiger partial charge in [-0.05, 0) is 43.2 Å². The first kappa shape index (κ1) is 15.1. The molecule has 1 N–H and O–H groups in total. The van der Waals surface area contributed by atoms with Crippen molar-refractivity contribution in [1.82, 2.24) is 0 Å². The number of rotatable bonds is 3. The number of benzene rings is 1. The van der Waals surface area contributed by atoms with Crippen LogP contribution in [-0.4, -0.2) is 23.5 Å². The second-order valence-corrected chi connectivity index (χ2v) is 6.52. The van der Waals surface area contributed by atoms with Crippen LogP contribution in [0.2, 0.25) is 0 Å². The summed E-state index contributed by atoms with van der Waals surface area (Å²) in [6.45, 7) is 2.49. The molecule has 118 valence electrons. The number of anilines is 1. The maximum atomic E-state index is 12.9. The third kappa shape index (κ3) is 2.62. The highest BCUT2D eigenvalue weighted by Gasteiger charge is 2.39. The molecule has 1 saturated carbocycles. The molecule has 0 aromatic heterocycles. The molecule has 0 saturated heterocycles. The Morgan fingerprint density at radius 1 is 1.18 bits per heavy atom. The molecule has 1 unspecified atom stereocenters. The van der Waals surface area contributed by atoms with Crippen LogP contribution in [0.15, 0.2) is 24.3 Å². The lowest BCUT2D eigenvalue weighted by Crippen LogP contribution is -2.37. The lowest BCUT2D eigenvalue weighted by atomic mass is 9.80. The van der Waals surface area contributed by atoms with E-state index in [4.69, 9.17) is 0 Å². The second kappa shape index (κ2) is 6.11. The monoisotopic (exact) mass is 301 g/mol. The molecule has 1 amide bonds. The van der Waals surface area contributed by atoms with Crippen LogP contribution < -0.4 is 4.90 Å². The molecule has 4 nitrogen and oxygen atoms in total. The molecule has 1 fully saturated rings. The number of hydrogen-bond acceptors (Lipinski definition) is 2. The zero-order valence-corrected chi connectivity index (χ0v) is 13.0. The number of carboxylic acids is 1. The lowest BCUT2D eigenvalue weighted by molar-refractivity contribution is -0.138. The fourth-order valence-corrected chi connectivity index (χ4v) is 3.87. The van der Waals surface area contributed by atoms with E-state index in [1.807, 2.05) is 24.3 Å². The van der Waals surface area contributed by atoms with Crippen LogP contribution in [0.1, 0.15) is 50.5 Å². The highest BCUT2D eigenvalue weighted by molar-refractivity contribution is 6.00. The van der Waals surface area contributed by atoms with Gasteiger partial charge in [-0.15, -0.1) is 0 Å². The zero-order valence-electron chi connectivity index (χ0n) is 13.0. The summed E-state index contributed by atoms with van der Waals surface area (Å²) in [5.41, 5.74) is 1.56. The summed E-state index contributed by atoms with van der Waals surface area (Å²) in [5, 5.41) is 9.40. The molecule has 4 heteroatoms. The number of carbonyl (C=O) groups excluding carboxylic acids is 1. The average Bonchev–Trinajstić information content (AvgIpc) is 2.94. The van der Waals surface area contributed by atoms with Gasteiger partial charge in [0.2, 0.25) is 5.91 Å². The molecular weight excluding hydrogens is 278 g/mol. The average molecular weight is 301 g/mol. The predicted octanol–water partition coefficient (Wildman–Crippen LogP) is 3.42. The third-order valence-corrected chi connectivity index (χ3v) is 5.31. The number of fused-ring (bicyclic) bond motifs is 1. The summed E-state index contributed by atoms with van der Waals surface area (Å²) in [6, 6.07) is 7.41. The van der Waals surface area contributed by atoms with Crippen LogP contribution in [-0.2, 0) is 9.59 Å². The molecule has 1 atom stereocenters. The van der Waals surface area contributed by atoms with E-state index in [0.717, 1.165) is 42.9 Å². The molecule has 1 aromatic rings. The van der Waals surface area contributed by atoms with E-state index in [1.54, 1.807) is 4.90 Å². The van der Waals surface area contributed by atoms with Crippen molar-refractivity contribution in [2.45, 2.75) is 44.9 Å². The van der Waals surface area contributed by atoms with E-state index in [1.165, 1.54) is 6.42 Å². The van der Waals surface area contributed by atoms with Crippen molar-refractivity contribution in [2.75, 3.05) is 11.4 Å². The van der Waals surface area contributed by atoms with Gasteiger partial charge >= 0.3 is 5.97 Å². The Balaban J connectivity index is 1.78. The van der Waals surface area contributed by atoms with E-state index >= 15 is 0 Å². The number of carboxylic acid groups (broad SMARTS) is 1. The van der Waals surface area contributed by atoms with E-state index in [0.29, 0.717) is 0 Å². The van der Waals surface area contributed by atoms with Gasteiger partial charge in [0, 0.05) is 18.2 Å². The molecule has 0 radical (unpaired) electrons. The van der Waals surface area contributed by atoms with Gasteiger partial charge in [0.1, 0.15) is 5.92 Å². The van der Waals surface area contributed by atoms with Gasteiger partial charge in [0.15, 0.2) is 0 Å². The first-order valence-electron chi connectivity index (χ1n) is 8.25. The normalized spacial score (nSPS) is 27.5. The number of para-hydroxylation sites is 1. The van der Waals surface area contributed by atoms with Crippen LogP contribution >= 0.6 is 0 Å². The van der Waals surface area contributed by atoms with Gasteiger partial charge in [0.05, 0.1) is 0 Å². The molecule has 1 aliphatic carbocycles. The minimum atomic E-state index is -0.850. The van der Waals surface area contributed by atoms with Crippen LogP contribution in [0, 0.1) is 11.8 Å². The molecule has 1 heterocycles. The fraction of sp³-hybridized carbons (Fsp3) is 0.556. The summed E-state index contributed by atoms with van der Waals surface area (Å²) in [7, 11) is 0. The van der Waals surface area contributed by atoms with Crippen molar-refractivity contribution >= 4 is 17.6 Å². The first-order chi connectivity index (χ1) is 10.6. The van der Waals surface area contributed by atoms with Crippen molar-refractivity contribution < 1.29 is 14.7 Å². The number of carbonyl (C=O) groups is 2. The summed E-state index contributed by atoms with van der Waals surface area (Å²) >= 11 is 0. The number of nitrogens with zero attached hydrogens (tertiary/aromatic N) is 1. The van der Waals surface area contributed by atoms with Gasteiger partial charge in [-0.1, -0.05) is 31.5 Å². The molecular formula is C18H23NO3. The van der Waals surface area contributed by atoms with Crippen LogP contribution in [0.4, 0.5) is 5.69 Å². The van der Waals surface area contributed by atoms with Crippen LogP contribution in [0.25, 0.3) is 0 Å². The summed E-state index contributed by atoms with van der Waals surface area (Å²) < 4.78 is 0. The highest BCUT2D eigenvalue weighted by atomic mass is 16.4. The maximum Gasteiger partial charge on any atom is 0.312 e. The molecule has 3 rings (SSSR count). The second-order valence-electron chi connectivity index (χ2n) is 6.52. The Kier molecular flexibility index (Phi) is 4.19. The molecule has 2 aliphatic rings. The smallest absolute Gasteiger partial charge is 0.312 e. The molecule has 22 heavy (non-hydrogen) atoms. The lowest BCUT2D eigenvalue weighted by Gasteiger charge is -2.30. The van der Waals surface area contributed by atoms with Crippen molar-refractivity contribution in [2.24, 2.45) is 11.8 Å². The molecule has 0 spiro atoms. The zero-order chi connectivity index (χ0) is 15.7. The number of hydrogen-bond donors (Lipinski definition) is 1. The standard InChI is InChI=1S/C18H23NO3/c1-2-12-7-9-13(10-8-12)17(20)19-11-15(18(21)22)14-5-3-4-6-16(14)19/h3-6,12-13,15H,2,7-11H2,1H3,(H,21,22). The van der Waals surface area contributed by atoms with Gasteiger partial charge < -0.3 is 10.0 Å². The number of aliphatic carboxylic acids is 1. The van der Waals surface area contributed by atoms with E-state index in [9.17, 15) is 14.7 Å². The van der Waals surface area contributed by atoms with Gasteiger partial charge in [-0.2, -0.15) is 0 Å². The third-order valence-electron chi connectivity index (χ3n) is 5.31. The van der Waals surface area contributed by atoms with E-state index in [2.05, 4.69) is 6.92 Å². The minimum absolute atomic E-state index is 0.0587. The largest absolute Gasteiger partial charge is 0.481 e. The summed E-state index contributed by atoms with van der Waals surface area (Å²) in [6.07, 6.45) is 5.30. The van der Waals surface area contributed by atoms with E-state index in [-0.39, 0.29) is 18.4 Å². The van der Waals surface area contributed by atoms with Crippen LogP contribution in [0.3, 0.4) is 0 Å². The Morgan fingerprint density at radius 3 is 2.50 bits per heavy atom. The Labute approximate surface area is 131 Å². The van der Waals surface area contributed by atoms with Gasteiger partial charge in [-0.3, -0.25) is 9.59 Å². The Bertz CT molecular complexity index is 575. The van der Waals surface area contributed by atoms with Crippen molar-refractivity contribution in [1.29, 1.82) is 0 Å². The van der Waals surface area contributed by atoms with Crippen molar-refractivity contribution in [3.8, 4) is 0 Å². The fourth-order valence-electron chi connectivity index (χ4n) is 3.87. The quantitative estimate of drug-likeness (QED) is 0.930. The Morgan fingerprint density at radius 2 is 1.86 bits per heavy atom. The van der Waals surface area contributed by atoms with Crippen LogP contribution in [0.5, 0.6) is 0 Å². The predicted molar refractivity (Wildman–Crippen MR) is 84.9 cm³/mol. The maximum absolute atomic E-state index is 12.9. The van der Waals surface area contributed by atoms with E-state index < -0.39 is 11.9 Å². The Hall–Kier alpha value is -1.84. The topological polar surface area (TPSA) is 57.6 Å². The van der Waals surface area contributed by atoms with Crippen molar-refractivity contribution in [3.05, 3.63) is 29.8 Å². The minimum Gasteiger partial charge on any atom is -0.481 e. The van der Waals surface area contributed by atoms with Gasteiger partial charge in [-0.25, -0.2) is 0 Å². The summed E-state index contributed by atoms with van der Waals surface area (Å²) in [5.74, 6) is -0.514. The summed E-state index contributed by atoms with van der Waals surface area (Å²) in [4.78, 5) is 26.0. The highest BCUT2D eigenvalue weighted by Crippen LogP contribution is 2.39. The number of amides is 1. The first-order valence-corrected chi connectivity index (χ1v) is 8.25.